The van der Waals surface area contributed by atoms with Gasteiger partial charge in [-0.1, -0.05) is 0 Å². The van der Waals surface area contributed by atoms with Crippen LogP contribution in [0.25, 0.3) is 0 Å². The predicted octanol–water partition coefficient (Wildman–Crippen LogP) is 0.702. The predicted molar refractivity (Wildman–Crippen MR) is 76.5 cm³/mol. The summed E-state index contributed by atoms with van der Waals surface area (Å²) in [5, 5.41) is 12.6. The molecule has 0 aromatic heterocycles. The Balaban J connectivity index is 3.08. The van der Waals surface area contributed by atoms with Gasteiger partial charge in [0.25, 0.3) is 0 Å². The zero-order valence-corrected chi connectivity index (χ0v) is 12.5. The number of nitrogen functional groups attached to an aromatic ring is 1. The number of sulfonamides is 1. The van der Waals surface area contributed by atoms with Gasteiger partial charge >= 0.3 is 0 Å². The Morgan fingerprint density at radius 1 is 1.37 bits per heavy atom. The molecule has 0 aliphatic carbocycles. The zero-order valence-electron chi connectivity index (χ0n) is 11.6. The molecule has 0 spiro atoms. The molecular formula is C12H21N3O3S. The molecule has 1 rings (SSSR count). The average Bonchev–Trinajstić information content (AvgIpc) is 2.26. The molecule has 0 saturated heterocycles. The van der Waals surface area contributed by atoms with Crippen LogP contribution in [0.1, 0.15) is 13.8 Å². The van der Waals surface area contributed by atoms with Crippen LogP contribution in [0.4, 0.5) is 11.4 Å². The van der Waals surface area contributed by atoms with E-state index >= 15 is 0 Å². The molecular weight excluding hydrogens is 266 g/mol. The van der Waals surface area contributed by atoms with Crippen molar-refractivity contribution in [3.63, 3.8) is 0 Å². The van der Waals surface area contributed by atoms with Gasteiger partial charge in [0.1, 0.15) is 0 Å². The van der Waals surface area contributed by atoms with Gasteiger partial charge in [-0.15, -0.1) is 0 Å². The van der Waals surface area contributed by atoms with E-state index in [9.17, 15) is 13.5 Å². The Bertz CT molecular complexity index is 548. The number of nitrogens with one attached hydrogen (secondary N) is 1. The van der Waals surface area contributed by atoms with Gasteiger partial charge in [0.15, 0.2) is 0 Å². The fraction of sp³-hybridized carbons (Fsp3) is 0.500. The molecule has 0 heterocycles. The van der Waals surface area contributed by atoms with E-state index in [4.69, 9.17) is 5.73 Å². The third-order valence-electron chi connectivity index (χ3n) is 2.51. The Morgan fingerprint density at radius 2 is 1.95 bits per heavy atom. The maximum atomic E-state index is 12.0. The number of anilines is 2. The second-order valence-electron chi connectivity index (χ2n) is 5.20. The molecule has 0 aliphatic heterocycles. The molecule has 0 amide bonds. The maximum absolute atomic E-state index is 12.0. The summed E-state index contributed by atoms with van der Waals surface area (Å²) in [5.74, 6) is 0. The molecule has 0 unspecified atom stereocenters. The first-order chi connectivity index (χ1) is 8.54. The molecule has 19 heavy (non-hydrogen) atoms. The molecule has 0 radical (unpaired) electrons. The van der Waals surface area contributed by atoms with E-state index in [1.165, 1.54) is 32.3 Å². The van der Waals surface area contributed by atoms with Gasteiger partial charge in [0.2, 0.25) is 10.0 Å². The minimum atomic E-state index is -3.49. The first kappa shape index (κ1) is 15.7. The van der Waals surface area contributed by atoms with E-state index in [1.54, 1.807) is 13.8 Å². The van der Waals surface area contributed by atoms with E-state index in [1.807, 2.05) is 0 Å². The fourth-order valence-corrected chi connectivity index (χ4v) is 2.30. The van der Waals surface area contributed by atoms with E-state index < -0.39 is 15.6 Å². The van der Waals surface area contributed by atoms with Crippen molar-refractivity contribution in [2.45, 2.75) is 24.3 Å². The molecule has 0 bridgehead atoms. The van der Waals surface area contributed by atoms with Crippen LogP contribution in [0.3, 0.4) is 0 Å². The maximum Gasteiger partial charge on any atom is 0.242 e. The first-order valence-corrected chi connectivity index (χ1v) is 7.26. The van der Waals surface area contributed by atoms with Crippen molar-refractivity contribution in [3.8, 4) is 0 Å². The fourth-order valence-electron chi connectivity index (χ4n) is 1.37. The van der Waals surface area contributed by atoms with Gasteiger partial charge in [-0.3, -0.25) is 0 Å². The number of nitrogens with two attached hydrogens (primary N) is 1. The van der Waals surface area contributed by atoms with Crippen LogP contribution in [0.2, 0.25) is 0 Å². The largest absolute Gasteiger partial charge is 0.397 e. The molecule has 1 aromatic carbocycles. The smallest absolute Gasteiger partial charge is 0.242 e. The number of rotatable bonds is 5. The number of aliphatic hydroxyl groups is 1. The second kappa shape index (κ2) is 5.36. The van der Waals surface area contributed by atoms with Crippen LogP contribution in [-0.4, -0.2) is 44.1 Å². The van der Waals surface area contributed by atoms with Gasteiger partial charge in [-0.2, -0.15) is 0 Å². The monoisotopic (exact) mass is 287 g/mol. The van der Waals surface area contributed by atoms with Crippen LogP contribution >= 0.6 is 0 Å². The Morgan fingerprint density at radius 3 is 2.42 bits per heavy atom. The van der Waals surface area contributed by atoms with Crippen molar-refractivity contribution < 1.29 is 13.5 Å². The highest BCUT2D eigenvalue weighted by Gasteiger charge is 2.19. The molecule has 0 aliphatic rings. The highest BCUT2D eigenvalue weighted by Crippen LogP contribution is 2.24. The number of hydrogen-bond donors (Lipinski definition) is 3. The molecule has 6 nitrogen and oxygen atoms in total. The highest BCUT2D eigenvalue weighted by molar-refractivity contribution is 7.89. The average molecular weight is 287 g/mol. The van der Waals surface area contributed by atoms with E-state index in [0.717, 1.165) is 4.31 Å². The van der Waals surface area contributed by atoms with Crippen LogP contribution < -0.4 is 11.1 Å². The summed E-state index contributed by atoms with van der Waals surface area (Å²) in [4.78, 5) is 0.157. The molecule has 108 valence electrons. The van der Waals surface area contributed by atoms with Gasteiger partial charge in [0, 0.05) is 20.6 Å². The van der Waals surface area contributed by atoms with Gasteiger partial charge in [-0.05, 0) is 32.0 Å². The first-order valence-electron chi connectivity index (χ1n) is 5.82. The molecule has 1 aromatic rings. The topological polar surface area (TPSA) is 95.7 Å². The summed E-state index contributed by atoms with van der Waals surface area (Å²) in [5.41, 5.74) is 5.79. The summed E-state index contributed by atoms with van der Waals surface area (Å²) >= 11 is 0. The molecule has 4 N–H and O–H groups in total. The lowest BCUT2D eigenvalue weighted by atomic mass is 10.1. The molecule has 0 atom stereocenters. The number of nitrogens with zero attached hydrogens (tertiary/aromatic N) is 1. The van der Waals surface area contributed by atoms with Crippen molar-refractivity contribution in [1.82, 2.24) is 4.31 Å². The standard InChI is InChI=1S/C12H21N3O3S/c1-12(2,16)8-14-11-7-9(5-6-10(11)13)19(17,18)15(3)4/h5-7,14,16H,8,13H2,1-4H3. The Kier molecular flexibility index (Phi) is 4.44. The van der Waals surface area contributed by atoms with Gasteiger partial charge < -0.3 is 16.2 Å². The molecule has 7 heteroatoms. The normalized spacial score (nSPS) is 12.7. The summed E-state index contributed by atoms with van der Waals surface area (Å²) in [6, 6.07) is 4.46. The Hall–Kier alpha value is -1.31. The van der Waals surface area contributed by atoms with Gasteiger partial charge in [0.05, 0.1) is 21.9 Å². The van der Waals surface area contributed by atoms with Gasteiger partial charge in [-0.25, -0.2) is 12.7 Å². The van der Waals surface area contributed by atoms with E-state index in [2.05, 4.69) is 5.32 Å². The van der Waals surface area contributed by atoms with Crippen molar-refractivity contribution in [1.29, 1.82) is 0 Å². The van der Waals surface area contributed by atoms with Crippen molar-refractivity contribution in [2.75, 3.05) is 31.7 Å². The summed E-state index contributed by atoms with van der Waals surface area (Å²) in [6.07, 6.45) is 0. The van der Waals surface area contributed by atoms with Crippen LogP contribution in [0, 0.1) is 0 Å². The van der Waals surface area contributed by atoms with Crippen molar-refractivity contribution >= 4 is 21.4 Å². The number of hydrogen-bond acceptors (Lipinski definition) is 5. The lowest BCUT2D eigenvalue weighted by molar-refractivity contribution is 0.0945. The minimum Gasteiger partial charge on any atom is -0.397 e. The van der Waals surface area contributed by atoms with E-state index in [-0.39, 0.29) is 11.4 Å². The summed E-state index contributed by atoms with van der Waals surface area (Å²) < 4.78 is 25.1. The van der Waals surface area contributed by atoms with Crippen LogP contribution in [0.15, 0.2) is 23.1 Å². The van der Waals surface area contributed by atoms with Crippen molar-refractivity contribution in [2.24, 2.45) is 0 Å². The lowest BCUT2D eigenvalue weighted by Gasteiger charge is -2.20. The second-order valence-corrected chi connectivity index (χ2v) is 7.35. The van der Waals surface area contributed by atoms with Crippen LogP contribution in [0.5, 0.6) is 0 Å². The summed E-state index contributed by atoms with van der Waals surface area (Å²) in [6.45, 7) is 3.57. The molecule has 0 fully saturated rings. The van der Waals surface area contributed by atoms with Crippen LogP contribution in [-0.2, 0) is 10.0 Å². The minimum absolute atomic E-state index is 0.157. The third-order valence-corrected chi connectivity index (χ3v) is 4.33. The third kappa shape index (κ3) is 4.09. The lowest BCUT2D eigenvalue weighted by Crippen LogP contribution is -2.29. The quantitative estimate of drug-likeness (QED) is 0.693. The van der Waals surface area contributed by atoms with E-state index in [0.29, 0.717) is 11.4 Å². The number of benzene rings is 1. The zero-order chi connectivity index (χ0) is 14.8. The Labute approximate surface area is 114 Å². The van der Waals surface area contributed by atoms with Crippen molar-refractivity contribution in [3.05, 3.63) is 18.2 Å². The summed E-state index contributed by atoms with van der Waals surface area (Å²) in [7, 11) is -0.559. The highest BCUT2D eigenvalue weighted by atomic mass is 32.2. The SMILES string of the molecule is CN(C)S(=O)(=O)c1ccc(N)c(NCC(C)(C)O)c1. The molecule has 0 saturated carbocycles.